The zero-order chi connectivity index (χ0) is 14.4. The molecule has 0 unspecified atom stereocenters. The number of nitriles is 2. The summed E-state index contributed by atoms with van der Waals surface area (Å²) < 4.78 is 0. The summed E-state index contributed by atoms with van der Waals surface area (Å²) >= 11 is 0. The lowest BCUT2D eigenvalue weighted by atomic mass is 10.1. The number of H-pyrrole nitrogens is 1. The molecule has 0 spiro atoms. The molecule has 20 heavy (non-hydrogen) atoms. The van der Waals surface area contributed by atoms with E-state index in [1.165, 1.54) is 0 Å². The van der Waals surface area contributed by atoms with Crippen molar-refractivity contribution in [2.45, 2.75) is 12.8 Å². The van der Waals surface area contributed by atoms with E-state index in [9.17, 15) is 0 Å². The smallest absolute Gasteiger partial charge is 0.163 e. The predicted molar refractivity (Wildman–Crippen MR) is 73.5 cm³/mol. The van der Waals surface area contributed by atoms with Gasteiger partial charge in [0.25, 0.3) is 0 Å². The normalized spacial score (nSPS) is 9.70. The van der Waals surface area contributed by atoms with E-state index in [1.54, 1.807) is 18.3 Å². The number of nitrogens with zero attached hydrogens (tertiary/aromatic N) is 4. The van der Waals surface area contributed by atoms with Crippen molar-refractivity contribution in [2.24, 2.45) is 0 Å². The molecule has 0 aromatic carbocycles. The quantitative estimate of drug-likeness (QED) is 0.698. The molecule has 100 valence electrons. The molecule has 7 heteroatoms. The van der Waals surface area contributed by atoms with E-state index in [0.29, 0.717) is 29.9 Å². The van der Waals surface area contributed by atoms with E-state index in [-0.39, 0.29) is 5.82 Å². The first-order valence-corrected chi connectivity index (χ1v) is 6.08. The maximum atomic E-state index is 8.94. The molecule has 0 aliphatic rings. The average Bonchev–Trinajstić information content (AvgIpc) is 2.84. The third-order valence-corrected chi connectivity index (χ3v) is 2.81. The molecule has 4 N–H and O–H groups in total. The van der Waals surface area contributed by atoms with Gasteiger partial charge in [0.2, 0.25) is 0 Å². The summed E-state index contributed by atoms with van der Waals surface area (Å²) in [5, 5.41) is 27.5. The number of rotatable bonds is 5. The minimum absolute atomic E-state index is 0.229. The third kappa shape index (κ3) is 2.85. The molecule has 0 bridgehead atoms. The average molecular weight is 267 g/mol. The Labute approximate surface area is 116 Å². The van der Waals surface area contributed by atoms with Gasteiger partial charge in [-0.2, -0.15) is 15.6 Å². The molecule has 0 aliphatic carbocycles. The Morgan fingerprint density at radius 2 is 2.20 bits per heavy atom. The summed E-state index contributed by atoms with van der Waals surface area (Å²) in [4.78, 5) is 4.11. The highest BCUT2D eigenvalue weighted by Gasteiger charge is 2.09. The van der Waals surface area contributed by atoms with Crippen LogP contribution < -0.4 is 11.1 Å². The summed E-state index contributed by atoms with van der Waals surface area (Å²) in [6, 6.07) is 7.53. The molecular formula is C13H13N7. The number of nitrogen functional groups attached to an aromatic ring is 1. The molecule has 0 radical (unpaired) electrons. The lowest BCUT2D eigenvalue weighted by molar-refractivity contribution is 0.822. The second-order valence-electron chi connectivity index (χ2n) is 4.12. The van der Waals surface area contributed by atoms with Crippen LogP contribution in [0.4, 0.5) is 11.6 Å². The van der Waals surface area contributed by atoms with Crippen molar-refractivity contribution in [1.82, 2.24) is 15.2 Å². The van der Waals surface area contributed by atoms with Gasteiger partial charge in [0.05, 0.1) is 11.3 Å². The van der Waals surface area contributed by atoms with Gasteiger partial charge in [-0.1, -0.05) is 0 Å². The monoisotopic (exact) mass is 267 g/mol. The maximum absolute atomic E-state index is 8.94. The van der Waals surface area contributed by atoms with Gasteiger partial charge in [0.1, 0.15) is 23.5 Å². The maximum Gasteiger partial charge on any atom is 0.163 e. The summed E-state index contributed by atoms with van der Waals surface area (Å²) in [5.74, 6) is 0.798. The minimum atomic E-state index is 0.229. The van der Waals surface area contributed by atoms with Crippen molar-refractivity contribution in [2.75, 3.05) is 17.6 Å². The number of aromatic amines is 1. The Morgan fingerprint density at radius 3 is 2.95 bits per heavy atom. The molecular weight excluding hydrogens is 254 g/mol. The third-order valence-electron chi connectivity index (χ3n) is 2.81. The Balaban J connectivity index is 1.88. The fourth-order valence-corrected chi connectivity index (χ4v) is 1.81. The summed E-state index contributed by atoms with van der Waals surface area (Å²) in [6.07, 6.45) is 3.04. The van der Waals surface area contributed by atoms with Gasteiger partial charge in [-0.15, -0.1) is 0 Å². The largest absolute Gasteiger partial charge is 0.381 e. The minimum Gasteiger partial charge on any atom is -0.381 e. The molecule has 2 aromatic rings. The number of hydrogen-bond donors (Lipinski definition) is 3. The molecule has 2 rings (SSSR count). The van der Waals surface area contributed by atoms with Gasteiger partial charge < -0.3 is 11.1 Å². The zero-order valence-corrected chi connectivity index (χ0v) is 10.7. The second kappa shape index (κ2) is 6.21. The van der Waals surface area contributed by atoms with Crippen LogP contribution in [0.2, 0.25) is 0 Å². The number of aryl methyl sites for hydroxylation is 1. The van der Waals surface area contributed by atoms with Crippen LogP contribution in [0.15, 0.2) is 18.3 Å². The van der Waals surface area contributed by atoms with E-state index in [2.05, 4.69) is 26.6 Å². The molecule has 0 saturated carbocycles. The number of nitrogens with two attached hydrogens (primary N) is 1. The van der Waals surface area contributed by atoms with Crippen molar-refractivity contribution in [1.29, 1.82) is 10.5 Å². The highest BCUT2D eigenvalue weighted by atomic mass is 15.2. The van der Waals surface area contributed by atoms with E-state index >= 15 is 0 Å². The van der Waals surface area contributed by atoms with Crippen LogP contribution in [-0.2, 0) is 6.42 Å². The number of aromatic nitrogens is 3. The topological polar surface area (TPSA) is 127 Å². The highest BCUT2D eigenvalue weighted by Crippen LogP contribution is 2.14. The first kappa shape index (κ1) is 13.4. The molecule has 0 atom stereocenters. The van der Waals surface area contributed by atoms with Gasteiger partial charge in [-0.25, -0.2) is 4.98 Å². The van der Waals surface area contributed by atoms with Crippen molar-refractivity contribution in [3.63, 3.8) is 0 Å². The Morgan fingerprint density at radius 1 is 1.35 bits per heavy atom. The molecule has 0 fully saturated rings. The molecule has 0 aliphatic heterocycles. The Hall–Kier alpha value is -3.06. The van der Waals surface area contributed by atoms with Gasteiger partial charge in [0.15, 0.2) is 5.82 Å². The van der Waals surface area contributed by atoms with E-state index in [1.807, 2.05) is 6.07 Å². The zero-order valence-electron chi connectivity index (χ0n) is 10.7. The lowest BCUT2D eigenvalue weighted by Gasteiger charge is -2.06. The fourth-order valence-electron chi connectivity index (χ4n) is 1.81. The summed E-state index contributed by atoms with van der Waals surface area (Å²) in [7, 11) is 0. The van der Waals surface area contributed by atoms with Crippen molar-refractivity contribution >= 4 is 11.6 Å². The van der Waals surface area contributed by atoms with Gasteiger partial charge in [0, 0.05) is 12.7 Å². The first-order chi connectivity index (χ1) is 9.76. The van der Waals surface area contributed by atoms with Gasteiger partial charge in [-0.05, 0) is 25.0 Å². The van der Waals surface area contributed by atoms with Crippen LogP contribution in [0, 0.1) is 22.7 Å². The number of hydrogen-bond acceptors (Lipinski definition) is 6. The van der Waals surface area contributed by atoms with Crippen molar-refractivity contribution in [3.8, 4) is 12.1 Å². The van der Waals surface area contributed by atoms with Crippen molar-refractivity contribution < 1.29 is 0 Å². The number of anilines is 2. The number of pyridine rings is 1. The van der Waals surface area contributed by atoms with E-state index in [4.69, 9.17) is 16.3 Å². The fraction of sp³-hybridized carbons (Fsp3) is 0.231. The van der Waals surface area contributed by atoms with Crippen LogP contribution in [0.5, 0.6) is 0 Å². The molecule has 2 aromatic heterocycles. The second-order valence-corrected chi connectivity index (χ2v) is 4.12. The molecule has 0 saturated heterocycles. The van der Waals surface area contributed by atoms with Crippen LogP contribution in [0.3, 0.4) is 0 Å². The number of nitrogens with one attached hydrogen (secondary N) is 2. The standard InChI is InChI=1S/C13H13N7/c14-7-9-3-1-5-17-13(9)18-6-2-4-11-10(8-15)12(16)20-19-11/h1,3,5H,2,4,6H2,(H,17,18)(H3,16,19,20). The molecule has 2 heterocycles. The summed E-state index contributed by atoms with van der Waals surface area (Å²) in [6.45, 7) is 0.634. The van der Waals surface area contributed by atoms with Crippen LogP contribution >= 0.6 is 0 Å². The van der Waals surface area contributed by atoms with Gasteiger partial charge >= 0.3 is 0 Å². The summed E-state index contributed by atoms with van der Waals surface area (Å²) in [5.41, 5.74) is 7.20. The SMILES string of the molecule is N#Cc1cccnc1NCCCc1[nH]nc(N)c1C#N. The van der Waals surface area contributed by atoms with Gasteiger partial charge in [-0.3, -0.25) is 5.10 Å². The lowest BCUT2D eigenvalue weighted by Crippen LogP contribution is -2.06. The van der Waals surface area contributed by atoms with Crippen LogP contribution in [-0.4, -0.2) is 21.7 Å². The molecule has 7 nitrogen and oxygen atoms in total. The Bertz CT molecular complexity index is 675. The van der Waals surface area contributed by atoms with Crippen LogP contribution in [0.25, 0.3) is 0 Å². The first-order valence-electron chi connectivity index (χ1n) is 6.08. The van der Waals surface area contributed by atoms with E-state index < -0.39 is 0 Å². The Kier molecular flexibility index (Phi) is 4.15. The highest BCUT2D eigenvalue weighted by molar-refractivity contribution is 5.52. The van der Waals surface area contributed by atoms with Crippen molar-refractivity contribution in [3.05, 3.63) is 35.2 Å². The molecule has 0 amide bonds. The predicted octanol–water partition coefficient (Wildman–Crippen LogP) is 1.17. The van der Waals surface area contributed by atoms with Crippen LogP contribution in [0.1, 0.15) is 23.2 Å². The van der Waals surface area contributed by atoms with E-state index in [0.717, 1.165) is 12.1 Å².